The van der Waals surface area contributed by atoms with E-state index in [9.17, 15) is 25.2 Å². The van der Waals surface area contributed by atoms with Crippen LogP contribution in [0.5, 0.6) is 0 Å². The summed E-state index contributed by atoms with van der Waals surface area (Å²) in [7, 11) is 3.46. The van der Waals surface area contributed by atoms with Gasteiger partial charge in [0.25, 0.3) is 0 Å². The largest absolute Gasteiger partial charge is 0.388 e. The van der Waals surface area contributed by atoms with Crippen LogP contribution in [0.25, 0.3) is 0 Å². The molecular formula is C29H59N7O9. The summed E-state index contributed by atoms with van der Waals surface area (Å²) in [6, 6.07) is -2.67. The van der Waals surface area contributed by atoms with Gasteiger partial charge in [-0.25, -0.2) is 0 Å². The van der Waals surface area contributed by atoms with Crippen LogP contribution in [0.3, 0.4) is 0 Å². The maximum absolute atomic E-state index is 12.8. The zero-order valence-corrected chi connectivity index (χ0v) is 27.4. The lowest BCUT2D eigenvalue weighted by molar-refractivity contribution is -0.310. The second kappa shape index (κ2) is 16.8. The fraction of sp³-hybridized carbons (Fsp3) is 0.966. The van der Waals surface area contributed by atoms with Gasteiger partial charge in [-0.2, -0.15) is 0 Å². The first kappa shape index (κ1) is 38.4. The van der Waals surface area contributed by atoms with Crippen molar-refractivity contribution in [3.05, 3.63) is 0 Å². The Morgan fingerprint density at radius 3 is 2.38 bits per heavy atom. The van der Waals surface area contributed by atoms with Crippen molar-refractivity contribution in [1.29, 1.82) is 0 Å². The normalized spacial score (nSPS) is 40.2. The van der Waals surface area contributed by atoms with E-state index in [0.29, 0.717) is 13.1 Å². The topological polar surface area (TPSA) is 261 Å². The van der Waals surface area contributed by atoms with E-state index < -0.39 is 72.7 Å². The third-order valence-electron chi connectivity index (χ3n) is 9.42. The molecule has 1 saturated carbocycles. The number of nitrogens with two attached hydrogens (primary N) is 3. The molecule has 0 spiro atoms. The summed E-state index contributed by atoms with van der Waals surface area (Å²) in [4.78, 5) is 12.8. The van der Waals surface area contributed by atoms with Gasteiger partial charge in [-0.3, -0.25) is 4.79 Å². The molecule has 45 heavy (non-hydrogen) atoms. The Labute approximate surface area is 266 Å². The number of carbonyl (C=O) groups excluding carboxylic acids is 1. The van der Waals surface area contributed by atoms with Crippen molar-refractivity contribution in [1.82, 2.24) is 21.3 Å². The summed E-state index contributed by atoms with van der Waals surface area (Å²) in [6.07, 6.45) is -6.13. The minimum absolute atomic E-state index is 0.0372. The first-order valence-corrected chi connectivity index (χ1v) is 16.1. The fourth-order valence-electron chi connectivity index (χ4n) is 6.38. The molecule has 2 saturated heterocycles. The van der Waals surface area contributed by atoms with Crippen LogP contribution in [-0.4, -0.2) is 151 Å². The molecule has 0 aromatic rings. The summed E-state index contributed by atoms with van der Waals surface area (Å²) < 4.78 is 24.9. The Kier molecular flexibility index (Phi) is 14.4. The molecule has 16 nitrogen and oxygen atoms in total. The number of aliphatic hydroxyl groups excluding tert-OH is 3. The first-order chi connectivity index (χ1) is 21.2. The molecule has 14 N–H and O–H groups in total. The van der Waals surface area contributed by atoms with Crippen LogP contribution in [0.4, 0.5) is 0 Å². The Morgan fingerprint density at radius 1 is 1.07 bits per heavy atom. The number of nitrogens with one attached hydrogen (secondary N) is 4. The van der Waals surface area contributed by atoms with Crippen LogP contribution in [0.2, 0.25) is 0 Å². The number of likely N-dealkylation sites (N-methyl/N-ethyl adjacent to an activating group) is 2. The molecule has 2 heterocycles. The molecule has 0 aromatic heterocycles. The van der Waals surface area contributed by atoms with Gasteiger partial charge >= 0.3 is 0 Å². The van der Waals surface area contributed by atoms with Crippen molar-refractivity contribution in [3.8, 4) is 0 Å². The number of aliphatic hydroxyl groups is 4. The highest BCUT2D eigenvalue weighted by molar-refractivity contribution is 5.80. The second-order valence-electron chi connectivity index (χ2n) is 13.3. The van der Waals surface area contributed by atoms with Gasteiger partial charge in [0.1, 0.15) is 36.1 Å². The molecule has 2 aliphatic heterocycles. The molecule has 3 fully saturated rings. The van der Waals surface area contributed by atoms with Gasteiger partial charge < -0.3 is 77.8 Å². The molecule has 1 amide bonds. The molecule has 16 heteroatoms. The molecule has 1 aliphatic carbocycles. The van der Waals surface area contributed by atoms with Gasteiger partial charge in [0.2, 0.25) is 5.91 Å². The van der Waals surface area contributed by atoms with Gasteiger partial charge in [-0.15, -0.1) is 0 Å². The van der Waals surface area contributed by atoms with Crippen LogP contribution < -0.4 is 38.5 Å². The van der Waals surface area contributed by atoms with Crippen LogP contribution in [0, 0.1) is 0 Å². The zero-order chi connectivity index (χ0) is 33.5. The molecular weight excluding hydrogens is 590 g/mol. The quantitative estimate of drug-likeness (QED) is 0.0754. The van der Waals surface area contributed by atoms with E-state index in [1.807, 2.05) is 20.9 Å². The lowest BCUT2D eigenvalue weighted by atomic mass is 9.83. The summed E-state index contributed by atoms with van der Waals surface area (Å²) in [6.45, 7) is 6.72. The van der Waals surface area contributed by atoms with E-state index in [2.05, 4.69) is 21.3 Å². The molecule has 13 atom stereocenters. The van der Waals surface area contributed by atoms with Crippen LogP contribution in [0.15, 0.2) is 0 Å². The number of amides is 1. The number of hydrogen-bond acceptors (Lipinski definition) is 15. The molecule has 3 rings (SSSR count). The fourth-order valence-corrected chi connectivity index (χ4v) is 6.38. The summed E-state index contributed by atoms with van der Waals surface area (Å²) in [5.41, 5.74) is 16.1. The van der Waals surface area contributed by atoms with Crippen molar-refractivity contribution in [2.24, 2.45) is 17.2 Å². The number of hydrogen-bond donors (Lipinski definition) is 11. The Hall–Kier alpha value is -1.09. The highest BCUT2D eigenvalue weighted by Crippen LogP contribution is 2.34. The average Bonchev–Trinajstić information content (AvgIpc) is 2.99. The summed E-state index contributed by atoms with van der Waals surface area (Å²) in [5.74, 6) is -0.698. The van der Waals surface area contributed by atoms with Crippen molar-refractivity contribution in [3.63, 3.8) is 0 Å². The van der Waals surface area contributed by atoms with Crippen molar-refractivity contribution in [2.45, 2.75) is 137 Å². The predicted molar refractivity (Wildman–Crippen MR) is 166 cm³/mol. The number of carbonyl (C=O) groups is 1. The van der Waals surface area contributed by atoms with E-state index in [1.165, 1.54) is 6.92 Å². The molecule has 0 bridgehead atoms. The average molecular weight is 650 g/mol. The monoisotopic (exact) mass is 649 g/mol. The second-order valence-corrected chi connectivity index (χ2v) is 13.3. The molecule has 0 aromatic carbocycles. The summed E-state index contributed by atoms with van der Waals surface area (Å²) >= 11 is 0. The minimum atomic E-state index is -1.41. The van der Waals surface area contributed by atoms with Crippen molar-refractivity contribution < 1.29 is 44.2 Å². The van der Waals surface area contributed by atoms with E-state index in [1.54, 1.807) is 7.05 Å². The van der Waals surface area contributed by atoms with Crippen LogP contribution in [-0.2, 0) is 23.7 Å². The van der Waals surface area contributed by atoms with E-state index in [0.717, 1.165) is 19.3 Å². The predicted octanol–water partition coefficient (Wildman–Crippen LogP) is -4.09. The lowest BCUT2D eigenvalue weighted by Crippen LogP contribution is -2.69. The lowest BCUT2D eigenvalue weighted by Gasteiger charge is -2.50. The standard InChI is InChI=1S/C29H59N7O9/c1-28(2,34-5)19-8-7-16(35-12-6-10-30)26(43-19)44-22-15(32)13-17(36-25(40)18(37)9-11-31)23(20(22)38)45-27-21(39)24(33-4)29(3,41)14-42-27/h15-24,26-27,33-35,37-39,41H,6-14,30-32H2,1-5H3,(H,36,40)/t15-,16+,17+,18-,19-,20-,21+,22+,23-,24+,26+,27+,29-/m0/s1. The van der Waals surface area contributed by atoms with Crippen LogP contribution >= 0.6 is 0 Å². The third kappa shape index (κ3) is 9.51. The highest BCUT2D eigenvalue weighted by Gasteiger charge is 2.52. The van der Waals surface area contributed by atoms with E-state index in [-0.39, 0.29) is 43.7 Å². The van der Waals surface area contributed by atoms with Gasteiger partial charge in [0.05, 0.1) is 30.8 Å². The first-order valence-electron chi connectivity index (χ1n) is 16.1. The highest BCUT2D eigenvalue weighted by atomic mass is 16.7. The van der Waals surface area contributed by atoms with Gasteiger partial charge in [0, 0.05) is 11.6 Å². The summed E-state index contributed by atoms with van der Waals surface area (Å²) in [5, 5.41) is 56.2. The zero-order valence-electron chi connectivity index (χ0n) is 27.4. The smallest absolute Gasteiger partial charge is 0.249 e. The number of rotatable bonds is 15. The van der Waals surface area contributed by atoms with E-state index in [4.69, 9.17) is 36.1 Å². The Bertz CT molecular complexity index is 919. The Balaban J connectivity index is 1.87. The molecule has 3 aliphatic rings. The van der Waals surface area contributed by atoms with Crippen LogP contribution in [0.1, 0.15) is 52.9 Å². The molecule has 0 radical (unpaired) electrons. The van der Waals surface area contributed by atoms with Crippen molar-refractivity contribution >= 4 is 5.91 Å². The third-order valence-corrected chi connectivity index (χ3v) is 9.42. The molecule has 0 unspecified atom stereocenters. The minimum Gasteiger partial charge on any atom is -0.388 e. The molecule has 264 valence electrons. The van der Waals surface area contributed by atoms with E-state index >= 15 is 0 Å². The van der Waals surface area contributed by atoms with Gasteiger partial charge in [0.15, 0.2) is 12.6 Å². The van der Waals surface area contributed by atoms with Crippen molar-refractivity contribution in [2.75, 3.05) is 40.3 Å². The van der Waals surface area contributed by atoms with Gasteiger partial charge in [-0.05, 0) is 86.6 Å². The number of ether oxygens (including phenoxy) is 4. The maximum atomic E-state index is 12.8. The van der Waals surface area contributed by atoms with Gasteiger partial charge in [-0.1, -0.05) is 0 Å². The SMILES string of the molecule is CN[C@@H]1[C@@H](O)[C@@H](O[C@@H]2[C@@H](O)[C@H](O[C@H]3O[C@H](C(C)(C)NC)CC[C@H]3NCCCN)[C@@H](N)C[C@H]2NC(=O)[C@@H](O)CCN)OC[C@]1(C)O. The Morgan fingerprint density at radius 2 is 1.76 bits per heavy atom. The maximum Gasteiger partial charge on any atom is 0.249 e.